The molecule has 3 saturated heterocycles. The molecule has 1 spiro atoms. The highest BCUT2D eigenvalue weighted by Crippen LogP contribution is 2.52. The van der Waals surface area contributed by atoms with Crippen LogP contribution in [0.4, 0.5) is 5.69 Å². The van der Waals surface area contributed by atoms with Gasteiger partial charge in [0.15, 0.2) is 0 Å². The summed E-state index contributed by atoms with van der Waals surface area (Å²) in [5.41, 5.74) is 0.0220. The number of nitrogens with zero attached hydrogens (tertiary/aromatic N) is 2. The molecule has 1 aromatic rings. The van der Waals surface area contributed by atoms with Gasteiger partial charge in [-0.3, -0.25) is 14.5 Å². The van der Waals surface area contributed by atoms with Gasteiger partial charge in [-0.25, -0.2) is 0 Å². The quantitative estimate of drug-likeness (QED) is 0.617. The summed E-state index contributed by atoms with van der Waals surface area (Å²) in [4.78, 5) is 30.8. The number of hydrogen-bond donors (Lipinski definition) is 1. The molecule has 8 heteroatoms. The zero-order valence-electron chi connectivity index (χ0n) is 18.5. The molecular formula is C24H31N3O5. The average molecular weight is 442 g/mol. The van der Waals surface area contributed by atoms with Crippen molar-refractivity contribution in [2.24, 2.45) is 11.8 Å². The molecule has 4 atom stereocenters. The second-order valence-corrected chi connectivity index (χ2v) is 8.91. The lowest BCUT2D eigenvalue weighted by Crippen LogP contribution is -2.41. The molecule has 2 bridgehead atoms. The Labute approximate surface area is 188 Å². The number of nitrogens with one attached hydrogen (secondary N) is 1. The van der Waals surface area contributed by atoms with Gasteiger partial charge in [0.2, 0.25) is 11.8 Å². The number of ether oxygens (including phenoxy) is 3. The van der Waals surface area contributed by atoms with Crippen molar-refractivity contribution in [3.63, 3.8) is 0 Å². The molecule has 4 aliphatic heterocycles. The lowest BCUT2D eigenvalue weighted by molar-refractivity contribution is -0.135. The molecule has 0 aromatic heterocycles. The third kappa shape index (κ3) is 3.91. The van der Waals surface area contributed by atoms with E-state index >= 15 is 0 Å². The van der Waals surface area contributed by atoms with Crippen molar-refractivity contribution < 1.29 is 23.8 Å². The number of hydrogen-bond acceptors (Lipinski definition) is 6. The highest BCUT2D eigenvalue weighted by atomic mass is 16.5. The van der Waals surface area contributed by atoms with Crippen LogP contribution in [0.5, 0.6) is 5.75 Å². The van der Waals surface area contributed by atoms with Crippen LogP contribution in [0.25, 0.3) is 0 Å². The molecule has 0 saturated carbocycles. The Morgan fingerprint density at radius 1 is 1.22 bits per heavy atom. The summed E-state index contributed by atoms with van der Waals surface area (Å²) in [6.07, 6.45) is 4.51. The summed E-state index contributed by atoms with van der Waals surface area (Å²) in [5.74, 6) is -0.342. The first-order valence-electron chi connectivity index (χ1n) is 11.6. The number of carbonyl (C=O) groups is 2. The van der Waals surface area contributed by atoms with Crippen LogP contribution in [0.2, 0.25) is 0 Å². The maximum absolute atomic E-state index is 13.3. The van der Waals surface area contributed by atoms with Gasteiger partial charge in [0.25, 0.3) is 0 Å². The molecule has 4 aliphatic rings. The van der Waals surface area contributed by atoms with Gasteiger partial charge in [-0.2, -0.15) is 0 Å². The van der Waals surface area contributed by atoms with Crippen molar-refractivity contribution in [2.45, 2.75) is 25.0 Å². The van der Waals surface area contributed by atoms with Gasteiger partial charge in [-0.1, -0.05) is 12.2 Å². The summed E-state index contributed by atoms with van der Waals surface area (Å²) in [7, 11) is 0. The Morgan fingerprint density at radius 3 is 2.75 bits per heavy atom. The van der Waals surface area contributed by atoms with E-state index in [1.807, 2.05) is 48.2 Å². The number of rotatable bonds is 8. The summed E-state index contributed by atoms with van der Waals surface area (Å²) < 4.78 is 17.1. The number of benzene rings is 1. The molecule has 5 rings (SSSR count). The average Bonchev–Trinajstić information content (AvgIpc) is 3.44. The van der Waals surface area contributed by atoms with E-state index in [0.29, 0.717) is 25.4 Å². The van der Waals surface area contributed by atoms with Gasteiger partial charge in [-0.05, 0) is 37.6 Å². The Balaban J connectivity index is 1.22. The van der Waals surface area contributed by atoms with Gasteiger partial charge < -0.3 is 24.4 Å². The predicted octanol–water partition coefficient (Wildman–Crippen LogP) is 1.53. The summed E-state index contributed by atoms with van der Waals surface area (Å²) in [6.45, 7) is 8.13. The Kier molecular flexibility index (Phi) is 5.92. The van der Waals surface area contributed by atoms with Crippen molar-refractivity contribution in [2.75, 3.05) is 57.9 Å². The fourth-order valence-corrected chi connectivity index (χ4v) is 5.40. The lowest BCUT2D eigenvalue weighted by Gasteiger charge is -2.27. The Bertz CT molecular complexity index is 882. The van der Waals surface area contributed by atoms with Crippen LogP contribution in [-0.2, 0) is 19.1 Å². The molecule has 4 heterocycles. The second kappa shape index (κ2) is 8.84. The topological polar surface area (TPSA) is 80.3 Å². The van der Waals surface area contributed by atoms with E-state index in [4.69, 9.17) is 14.2 Å². The molecule has 172 valence electrons. The lowest BCUT2D eigenvalue weighted by atomic mass is 9.77. The predicted molar refractivity (Wildman–Crippen MR) is 118 cm³/mol. The molecular weight excluding hydrogens is 410 g/mol. The van der Waals surface area contributed by atoms with Crippen molar-refractivity contribution in [1.82, 2.24) is 9.80 Å². The number of morpholine rings is 1. The maximum Gasteiger partial charge on any atom is 0.231 e. The molecule has 0 aliphatic carbocycles. The van der Waals surface area contributed by atoms with E-state index in [1.54, 1.807) is 0 Å². The summed E-state index contributed by atoms with van der Waals surface area (Å²) in [5, 5.41) is 2.97. The van der Waals surface area contributed by atoms with Crippen LogP contribution < -0.4 is 10.1 Å². The minimum Gasteiger partial charge on any atom is -0.494 e. The molecule has 0 radical (unpaired) electrons. The van der Waals surface area contributed by atoms with Crippen LogP contribution in [0.15, 0.2) is 36.4 Å². The SMILES string of the molecule is CCOc1ccc(NC(=O)C2C3C=CC4(CN(CCCN5CCOCC5)C(=O)C24)O3)cc1. The first-order valence-corrected chi connectivity index (χ1v) is 11.6. The van der Waals surface area contributed by atoms with Gasteiger partial charge in [0.1, 0.15) is 11.4 Å². The normalized spacial score (nSPS) is 31.2. The molecule has 3 fully saturated rings. The van der Waals surface area contributed by atoms with Crippen molar-refractivity contribution in [3.05, 3.63) is 36.4 Å². The fourth-order valence-electron chi connectivity index (χ4n) is 5.40. The van der Waals surface area contributed by atoms with Gasteiger partial charge >= 0.3 is 0 Å². The number of fused-ring (bicyclic) bond motifs is 1. The van der Waals surface area contributed by atoms with E-state index in [9.17, 15) is 9.59 Å². The fraction of sp³-hybridized carbons (Fsp3) is 0.583. The summed E-state index contributed by atoms with van der Waals surface area (Å²) in [6, 6.07) is 7.29. The van der Waals surface area contributed by atoms with Crippen molar-refractivity contribution in [3.8, 4) is 5.75 Å². The van der Waals surface area contributed by atoms with Gasteiger partial charge in [-0.15, -0.1) is 0 Å². The zero-order valence-corrected chi connectivity index (χ0v) is 18.5. The third-order valence-corrected chi connectivity index (χ3v) is 6.92. The van der Waals surface area contributed by atoms with Crippen LogP contribution in [0.1, 0.15) is 13.3 Å². The largest absolute Gasteiger partial charge is 0.494 e. The van der Waals surface area contributed by atoms with Crippen LogP contribution >= 0.6 is 0 Å². The Hall–Kier alpha value is -2.42. The van der Waals surface area contributed by atoms with Crippen LogP contribution in [-0.4, -0.2) is 85.9 Å². The molecule has 8 nitrogen and oxygen atoms in total. The number of likely N-dealkylation sites (tertiary alicyclic amines) is 1. The van der Waals surface area contributed by atoms with Crippen LogP contribution in [0, 0.1) is 11.8 Å². The molecule has 32 heavy (non-hydrogen) atoms. The number of carbonyl (C=O) groups excluding carboxylic acids is 2. The zero-order chi connectivity index (χ0) is 22.1. The molecule has 4 unspecified atom stereocenters. The summed E-state index contributed by atoms with van der Waals surface area (Å²) >= 11 is 0. The van der Waals surface area contributed by atoms with Gasteiger partial charge in [0.05, 0.1) is 44.3 Å². The first kappa shape index (κ1) is 21.4. The minimum absolute atomic E-state index is 0.0330. The van der Waals surface area contributed by atoms with E-state index < -0.39 is 17.4 Å². The smallest absolute Gasteiger partial charge is 0.231 e. The van der Waals surface area contributed by atoms with E-state index in [0.717, 1.165) is 45.0 Å². The van der Waals surface area contributed by atoms with Gasteiger partial charge in [0, 0.05) is 31.9 Å². The van der Waals surface area contributed by atoms with E-state index in [-0.39, 0.29) is 17.9 Å². The molecule has 2 amide bonds. The van der Waals surface area contributed by atoms with Crippen molar-refractivity contribution in [1.29, 1.82) is 0 Å². The van der Waals surface area contributed by atoms with Crippen LogP contribution in [0.3, 0.4) is 0 Å². The first-order chi connectivity index (χ1) is 15.6. The monoisotopic (exact) mass is 441 g/mol. The standard InChI is InChI=1S/C24H31N3O5/c1-2-31-18-6-4-17(5-7-18)25-22(28)20-19-8-9-24(32-19)16-27(23(29)21(20)24)11-3-10-26-12-14-30-15-13-26/h4-9,19-21H,2-3,10-16H2,1H3,(H,25,28). The van der Waals surface area contributed by atoms with E-state index in [2.05, 4.69) is 10.2 Å². The Morgan fingerprint density at radius 2 is 2.00 bits per heavy atom. The highest BCUT2D eigenvalue weighted by Gasteiger charge is 2.66. The number of amides is 2. The highest BCUT2D eigenvalue weighted by molar-refractivity contribution is 5.99. The minimum atomic E-state index is -0.665. The third-order valence-electron chi connectivity index (χ3n) is 6.92. The maximum atomic E-state index is 13.3. The van der Waals surface area contributed by atoms with E-state index in [1.165, 1.54) is 0 Å². The molecule has 1 aromatic carbocycles. The van der Waals surface area contributed by atoms with Crippen molar-refractivity contribution >= 4 is 17.5 Å². The number of anilines is 1. The second-order valence-electron chi connectivity index (χ2n) is 8.91. The molecule has 1 N–H and O–H groups in total.